The van der Waals surface area contributed by atoms with Gasteiger partial charge in [-0.25, -0.2) is 0 Å². The van der Waals surface area contributed by atoms with E-state index in [1.165, 1.54) is 44.9 Å². The third kappa shape index (κ3) is 8.90. The van der Waals surface area contributed by atoms with Crippen LogP contribution in [-0.4, -0.2) is 18.4 Å². The molecule has 2 nitrogen and oxygen atoms in total. The molecule has 0 amide bonds. The summed E-state index contributed by atoms with van der Waals surface area (Å²) in [5.74, 6) is 0.298. The summed E-state index contributed by atoms with van der Waals surface area (Å²) < 4.78 is 0. The smallest absolute Gasteiger partial charge is 0.146 e. The second-order valence-corrected chi connectivity index (χ2v) is 4.67. The lowest BCUT2D eigenvalue weighted by molar-refractivity contribution is -0.119. The molecule has 1 N–H and O–H groups in total. The van der Waals surface area contributed by atoms with E-state index in [1.54, 1.807) is 6.92 Å². The maximum absolute atomic E-state index is 11.4. The molecular formula is C14H29NO. The van der Waals surface area contributed by atoms with E-state index in [1.807, 2.05) is 0 Å². The predicted octanol–water partition coefficient (Wildman–Crippen LogP) is 3.69. The van der Waals surface area contributed by atoms with E-state index in [0.29, 0.717) is 5.78 Å². The molecule has 0 aromatic heterocycles. The average molecular weight is 227 g/mol. The SMILES string of the molecule is CCCCCCNC(CCCCC)C(C)=O. The van der Waals surface area contributed by atoms with E-state index in [9.17, 15) is 4.79 Å². The Morgan fingerprint density at radius 3 is 2.19 bits per heavy atom. The Bertz CT molecular complexity index is 168. The third-order valence-corrected chi connectivity index (χ3v) is 3.01. The first kappa shape index (κ1) is 15.6. The highest BCUT2D eigenvalue weighted by Gasteiger charge is 2.11. The van der Waals surface area contributed by atoms with Crippen molar-refractivity contribution in [1.82, 2.24) is 5.32 Å². The molecule has 0 saturated heterocycles. The number of ketones is 1. The van der Waals surface area contributed by atoms with Crippen molar-refractivity contribution < 1.29 is 4.79 Å². The number of carbonyl (C=O) groups is 1. The van der Waals surface area contributed by atoms with Crippen LogP contribution >= 0.6 is 0 Å². The topological polar surface area (TPSA) is 29.1 Å². The van der Waals surface area contributed by atoms with Crippen molar-refractivity contribution in [3.8, 4) is 0 Å². The van der Waals surface area contributed by atoms with E-state index in [2.05, 4.69) is 19.2 Å². The zero-order valence-corrected chi connectivity index (χ0v) is 11.3. The van der Waals surface area contributed by atoms with Gasteiger partial charge in [0.1, 0.15) is 5.78 Å². The van der Waals surface area contributed by atoms with Crippen molar-refractivity contribution in [2.75, 3.05) is 6.54 Å². The zero-order chi connectivity index (χ0) is 12.2. The molecule has 0 spiro atoms. The molecule has 1 atom stereocenters. The van der Waals surface area contributed by atoms with Crippen molar-refractivity contribution in [1.29, 1.82) is 0 Å². The van der Waals surface area contributed by atoms with Crippen molar-refractivity contribution in [2.24, 2.45) is 0 Å². The minimum atomic E-state index is 0.105. The van der Waals surface area contributed by atoms with Gasteiger partial charge in [0.15, 0.2) is 0 Å². The molecule has 0 aromatic carbocycles. The first-order valence-corrected chi connectivity index (χ1v) is 6.96. The number of unbranched alkanes of at least 4 members (excludes halogenated alkanes) is 5. The van der Waals surface area contributed by atoms with Crippen LogP contribution in [0.5, 0.6) is 0 Å². The van der Waals surface area contributed by atoms with Gasteiger partial charge >= 0.3 is 0 Å². The third-order valence-electron chi connectivity index (χ3n) is 3.01. The second-order valence-electron chi connectivity index (χ2n) is 4.67. The van der Waals surface area contributed by atoms with Crippen LogP contribution in [0.4, 0.5) is 0 Å². The molecule has 0 aliphatic heterocycles. The van der Waals surface area contributed by atoms with Crippen molar-refractivity contribution >= 4 is 5.78 Å². The van der Waals surface area contributed by atoms with Crippen LogP contribution in [0.2, 0.25) is 0 Å². The summed E-state index contributed by atoms with van der Waals surface area (Å²) in [7, 11) is 0. The van der Waals surface area contributed by atoms with Crippen LogP contribution in [0.15, 0.2) is 0 Å². The first-order chi connectivity index (χ1) is 7.72. The van der Waals surface area contributed by atoms with E-state index < -0.39 is 0 Å². The summed E-state index contributed by atoms with van der Waals surface area (Å²) >= 11 is 0. The molecule has 2 heteroatoms. The highest BCUT2D eigenvalue weighted by atomic mass is 16.1. The van der Waals surface area contributed by atoms with Crippen LogP contribution in [0, 0.1) is 0 Å². The standard InChI is InChI=1S/C14H29NO/c1-4-6-8-10-12-15-14(13(3)16)11-9-7-5-2/h14-15H,4-12H2,1-3H3. The monoisotopic (exact) mass is 227 g/mol. The molecule has 0 saturated carbocycles. The van der Waals surface area contributed by atoms with Gasteiger partial charge in [-0.3, -0.25) is 4.79 Å². The van der Waals surface area contributed by atoms with Gasteiger partial charge in [-0.15, -0.1) is 0 Å². The minimum absolute atomic E-state index is 0.105. The fraction of sp³-hybridized carbons (Fsp3) is 0.929. The van der Waals surface area contributed by atoms with Crippen LogP contribution in [0.1, 0.15) is 72.1 Å². The highest BCUT2D eigenvalue weighted by Crippen LogP contribution is 2.05. The number of rotatable bonds is 11. The van der Waals surface area contributed by atoms with Crippen LogP contribution in [0.25, 0.3) is 0 Å². The van der Waals surface area contributed by atoms with Gasteiger partial charge in [0.2, 0.25) is 0 Å². The second kappa shape index (κ2) is 11.1. The molecular weight excluding hydrogens is 198 g/mol. The lowest BCUT2D eigenvalue weighted by atomic mass is 10.1. The maximum Gasteiger partial charge on any atom is 0.146 e. The van der Waals surface area contributed by atoms with Crippen LogP contribution in [-0.2, 0) is 4.79 Å². The van der Waals surface area contributed by atoms with E-state index in [4.69, 9.17) is 0 Å². The Kier molecular flexibility index (Phi) is 10.9. The fourth-order valence-electron chi connectivity index (χ4n) is 1.88. The molecule has 0 rings (SSSR count). The van der Waals surface area contributed by atoms with Gasteiger partial charge in [0.25, 0.3) is 0 Å². The molecule has 0 heterocycles. The van der Waals surface area contributed by atoms with Gasteiger partial charge in [-0.1, -0.05) is 52.4 Å². The number of hydrogen-bond acceptors (Lipinski definition) is 2. The van der Waals surface area contributed by atoms with Crippen molar-refractivity contribution in [3.05, 3.63) is 0 Å². The van der Waals surface area contributed by atoms with Gasteiger partial charge in [-0.2, -0.15) is 0 Å². The Morgan fingerprint density at radius 2 is 1.62 bits per heavy atom. The molecule has 0 fully saturated rings. The summed E-state index contributed by atoms with van der Waals surface area (Å²) in [6.45, 7) is 7.11. The summed E-state index contributed by atoms with van der Waals surface area (Å²) in [5, 5.41) is 3.39. The van der Waals surface area contributed by atoms with E-state index >= 15 is 0 Å². The Labute approximate surface area is 101 Å². The van der Waals surface area contributed by atoms with Gasteiger partial charge in [-0.05, 0) is 26.3 Å². The molecule has 16 heavy (non-hydrogen) atoms. The molecule has 0 aliphatic rings. The molecule has 0 radical (unpaired) electrons. The summed E-state index contributed by atoms with van der Waals surface area (Å²) in [6, 6.07) is 0.105. The van der Waals surface area contributed by atoms with Crippen molar-refractivity contribution in [3.63, 3.8) is 0 Å². The maximum atomic E-state index is 11.4. The number of Topliss-reactive ketones (excluding diaryl/α,β-unsaturated/α-hetero) is 1. The number of hydrogen-bond donors (Lipinski definition) is 1. The van der Waals surface area contributed by atoms with Crippen molar-refractivity contribution in [2.45, 2.75) is 78.2 Å². The normalized spacial score (nSPS) is 12.7. The first-order valence-electron chi connectivity index (χ1n) is 6.96. The van der Waals surface area contributed by atoms with Gasteiger partial charge in [0, 0.05) is 0 Å². The van der Waals surface area contributed by atoms with E-state index in [0.717, 1.165) is 13.0 Å². The van der Waals surface area contributed by atoms with Gasteiger partial charge in [0.05, 0.1) is 6.04 Å². The summed E-state index contributed by atoms with van der Waals surface area (Å²) in [5.41, 5.74) is 0. The van der Waals surface area contributed by atoms with Crippen LogP contribution in [0.3, 0.4) is 0 Å². The summed E-state index contributed by atoms with van der Waals surface area (Å²) in [4.78, 5) is 11.4. The molecule has 0 bridgehead atoms. The zero-order valence-electron chi connectivity index (χ0n) is 11.3. The lowest BCUT2D eigenvalue weighted by Crippen LogP contribution is -2.35. The summed E-state index contributed by atoms with van der Waals surface area (Å²) in [6.07, 6.45) is 9.70. The Hall–Kier alpha value is -0.370. The largest absolute Gasteiger partial charge is 0.307 e. The van der Waals surface area contributed by atoms with Gasteiger partial charge < -0.3 is 5.32 Å². The molecule has 1 unspecified atom stereocenters. The van der Waals surface area contributed by atoms with E-state index in [-0.39, 0.29) is 6.04 Å². The number of carbonyl (C=O) groups excluding carboxylic acids is 1. The molecule has 0 aliphatic carbocycles. The van der Waals surface area contributed by atoms with Crippen LogP contribution < -0.4 is 5.32 Å². The number of nitrogens with one attached hydrogen (secondary N) is 1. The average Bonchev–Trinajstić information content (AvgIpc) is 2.26. The quantitative estimate of drug-likeness (QED) is 0.545. The highest BCUT2D eigenvalue weighted by molar-refractivity contribution is 5.81. The molecule has 96 valence electrons. The Balaban J connectivity index is 3.56. The lowest BCUT2D eigenvalue weighted by Gasteiger charge is -2.15. The fourth-order valence-corrected chi connectivity index (χ4v) is 1.88. The predicted molar refractivity (Wildman–Crippen MR) is 70.8 cm³/mol. The Morgan fingerprint density at radius 1 is 1.00 bits per heavy atom. The minimum Gasteiger partial charge on any atom is -0.307 e. The molecule has 0 aromatic rings.